The molecule has 0 saturated heterocycles. The van der Waals surface area contributed by atoms with Gasteiger partial charge >= 0.3 is 0 Å². The average Bonchev–Trinajstić information content (AvgIpc) is 3.08. The lowest BCUT2D eigenvalue weighted by Gasteiger charge is -2.23. The van der Waals surface area contributed by atoms with Gasteiger partial charge in [0, 0.05) is 36.1 Å². The zero-order chi connectivity index (χ0) is 17.8. The Morgan fingerprint density at radius 1 is 1.08 bits per heavy atom. The summed E-state index contributed by atoms with van der Waals surface area (Å²) in [4.78, 5) is 10.7. The van der Waals surface area contributed by atoms with Crippen LogP contribution in [0.1, 0.15) is 25.2 Å². The van der Waals surface area contributed by atoms with Gasteiger partial charge in [-0.1, -0.05) is 37.8 Å². The van der Waals surface area contributed by atoms with Crippen LogP contribution in [0.2, 0.25) is 0 Å². The molecular weight excluding hydrogens is 312 g/mol. The van der Waals surface area contributed by atoms with E-state index in [9.17, 15) is 0 Å². The maximum atomic E-state index is 4.33. The van der Waals surface area contributed by atoms with Gasteiger partial charge in [-0.25, -0.2) is 9.97 Å². The van der Waals surface area contributed by atoms with E-state index in [1.165, 1.54) is 5.56 Å². The second-order valence-electron chi connectivity index (χ2n) is 6.91. The maximum Gasteiger partial charge on any atom is 0.179 e. The van der Waals surface area contributed by atoms with Gasteiger partial charge in [0.15, 0.2) is 5.82 Å². The van der Waals surface area contributed by atoms with Crippen LogP contribution in [0.3, 0.4) is 0 Å². The standard InChI is InChI=1S/C19H20N6/c1-12-19(3,4)16-7-6-14(15-9-20-13(2)21-10-15)8-17(16)25(12)18-11-24(5)23-22-18/h6-11H,1H2,2-5H3. The van der Waals surface area contributed by atoms with Crippen molar-refractivity contribution in [3.63, 3.8) is 0 Å². The molecule has 6 nitrogen and oxygen atoms in total. The first-order chi connectivity index (χ1) is 11.9. The van der Waals surface area contributed by atoms with E-state index in [1.807, 2.05) is 32.6 Å². The minimum atomic E-state index is -0.171. The third-order valence-corrected chi connectivity index (χ3v) is 4.84. The van der Waals surface area contributed by atoms with Crippen molar-refractivity contribution in [2.45, 2.75) is 26.2 Å². The van der Waals surface area contributed by atoms with Gasteiger partial charge < -0.3 is 0 Å². The van der Waals surface area contributed by atoms with Gasteiger partial charge in [0.1, 0.15) is 5.82 Å². The molecule has 0 spiro atoms. The molecule has 126 valence electrons. The highest BCUT2D eigenvalue weighted by atomic mass is 15.5. The van der Waals surface area contributed by atoms with Crippen LogP contribution in [0.4, 0.5) is 11.5 Å². The molecular formula is C19H20N6. The molecule has 3 heterocycles. The topological polar surface area (TPSA) is 59.7 Å². The number of rotatable bonds is 2. The number of anilines is 2. The third-order valence-electron chi connectivity index (χ3n) is 4.84. The van der Waals surface area contributed by atoms with E-state index in [1.54, 1.807) is 4.68 Å². The first kappa shape index (κ1) is 15.5. The summed E-state index contributed by atoms with van der Waals surface area (Å²) < 4.78 is 1.70. The van der Waals surface area contributed by atoms with Crippen molar-refractivity contribution in [2.75, 3.05) is 4.90 Å². The Labute approximate surface area is 146 Å². The van der Waals surface area contributed by atoms with Crippen molar-refractivity contribution >= 4 is 11.5 Å². The molecule has 0 amide bonds. The molecule has 4 rings (SSSR count). The predicted octanol–water partition coefficient (Wildman–Crippen LogP) is 3.52. The van der Waals surface area contributed by atoms with Gasteiger partial charge in [-0.2, -0.15) is 0 Å². The second kappa shape index (κ2) is 5.24. The normalized spacial score (nSPS) is 15.5. The Bertz CT molecular complexity index is 968. The molecule has 6 heteroatoms. The monoisotopic (exact) mass is 332 g/mol. The minimum absolute atomic E-state index is 0.171. The largest absolute Gasteiger partial charge is 0.295 e. The Morgan fingerprint density at radius 2 is 1.80 bits per heavy atom. The van der Waals surface area contributed by atoms with Crippen LogP contribution in [0.5, 0.6) is 0 Å². The summed E-state index contributed by atoms with van der Waals surface area (Å²) in [6.45, 7) is 10.6. The van der Waals surface area contributed by atoms with E-state index in [0.29, 0.717) is 0 Å². The van der Waals surface area contributed by atoms with Crippen molar-refractivity contribution in [3.8, 4) is 11.1 Å². The van der Waals surface area contributed by atoms with Crippen molar-refractivity contribution in [1.29, 1.82) is 0 Å². The van der Waals surface area contributed by atoms with Crippen molar-refractivity contribution in [1.82, 2.24) is 25.0 Å². The molecule has 25 heavy (non-hydrogen) atoms. The highest BCUT2D eigenvalue weighted by Crippen LogP contribution is 2.50. The van der Waals surface area contributed by atoms with Crippen LogP contribution < -0.4 is 4.90 Å². The minimum Gasteiger partial charge on any atom is -0.295 e. The lowest BCUT2D eigenvalue weighted by atomic mass is 9.84. The number of fused-ring (bicyclic) bond motifs is 1. The molecule has 2 aromatic heterocycles. The smallest absolute Gasteiger partial charge is 0.179 e. The summed E-state index contributed by atoms with van der Waals surface area (Å²) in [5.41, 5.74) is 5.17. The summed E-state index contributed by atoms with van der Waals surface area (Å²) >= 11 is 0. The van der Waals surface area contributed by atoms with Gasteiger partial charge in [-0.15, -0.1) is 5.10 Å². The Kier molecular flexibility index (Phi) is 3.25. The van der Waals surface area contributed by atoms with Crippen LogP contribution in [0.15, 0.2) is 49.1 Å². The molecule has 0 fully saturated rings. The number of nitrogens with zero attached hydrogens (tertiary/aromatic N) is 6. The molecule has 1 aliphatic heterocycles. The molecule has 0 bridgehead atoms. The number of aromatic nitrogens is 5. The number of benzene rings is 1. The maximum absolute atomic E-state index is 4.33. The van der Waals surface area contributed by atoms with Crippen molar-refractivity contribution in [3.05, 3.63) is 60.5 Å². The number of hydrogen-bond acceptors (Lipinski definition) is 5. The third kappa shape index (κ3) is 2.33. The summed E-state index contributed by atoms with van der Waals surface area (Å²) in [5.74, 6) is 1.54. The van der Waals surface area contributed by atoms with Crippen LogP contribution in [0.25, 0.3) is 11.1 Å². The fraction of sp³-hybridized carbons (Fsp3) is 0.263. The molecule has 0 saturated carbocycles. The summed E-state index contributed by atoms with van der Waals surface area (Å²) in [7, 11) is 1.86. The molecule has 0 unspecified atom stereocenters. The Morgan fingerprint density at radius 3 is 2.44 bits per heavy atom. The highest BCUT2D eigenvalue weighted by molar-refractivity contribution is 5.81. The fourth-order valence-corrected chi connectivity index (χ4v) is 3.25. The molecule has 0 radical (unpaired) electrons. The molecule has 3 aromatic rings. The second-order valence-corrected chi connectivity index (χ2v) is 6.91. The van der Waals surface area contributed by atoms with Gasteiger partial charge in [-0.05, 0) is 24.1 Å². The highest BCUT2D eigenvalue weighted by Gasteiger charge is 2.40. The molecule has 0 aliphatic carbocycles. The van der Waals surface area contributed by atoms with Crippen molar-refractivity contribution < 1.29 is 0 Å². The zero-order valence-corrected chi connectivity index (χ0v) is 14.9. The predicted molar refractivity (Wildman–Crippen MR) is 97.5 cm³/mol. The van der Waals surface area contributed by atoms with E-state index in [2.05, 4.69) is 63.8 Å². The van der Waals surface area contributed by atoms with Gasteiger partial charge in [-0.3, -0.25) is 9.58 Å². The molecule has 0 atom stereocenters. The lowest BCUT2D eigenvalue weighted by Crippen LogP contribution is -2.21. The van der Waals surface area contributed by atoms with Crippen LogP contribution in [-0.4, -0.2) is 25.0 Å². The first-order valence-electron chi connectivity index (χ1n) is 8.17. The van der Waals surface area contributed by atoms with E-state index in [-0.39, 0.29) is 5.41 Å². The van der Waals surface area contributed by atoms with Crippen LogP contribution in [0, 0.1) is 6.92 Å². The molecule has 0 N–H and O–H groups in total. The quantitative estimate of drug-likeness (QED) is 0.718. The van der Waals surface area contributed by atoms with Crippen LogP contribution in [-0.2, 0) is 12.5 Å². The van der Waals surface area contributed by atoms with E-state index < -0.39 is 0 Å². The summed E-state index contributed by atoms with van der Waals surface area (Å²) in [6.07, 6.45) is 5.61. The summed E-state index contributed by atoms with van der Waals surface area (Å²) in [6, 6.07) is 6.42. The van der Waals surface area contributed by atoms with Crippen molar-refractivity contribution in [2.24, 2.45) is 7.05 Å². The number of hydrogen-bond donors (Lipinski definition) is 0. The molecule has 1 aliphatic rings. The number of allylic oxidation sites excluding steroid dienone is 1. The fourth-order valence-electron chi connectivity index (χ4n) is 3.25. The van der Waals surface area contributed by atoms with Gasteiger partial charge in [0.2, 0.25) is 0 Å². The SMILES string of the molecule is C=C1N(c2cn(C)nn2)c2cc(-c3cnc(C)nc3)ccc2C1(C)C. The van der Waals surface area contributed by atoms with E-state index >= 15 is 0 Å². The van der Waals surface area contributed by atoms with E-state index in [0.717, 1.165) is 34.2 Å². The first-order valence-corrected chi connectivity index (χ1v) is 8.17. The Hall–Kier alpha value is -3.02. The van der Waals surface area contributed by atoms with Gasteiger partial charge in [0.05, 0.1) is 11.9 Å². The van der Waals surface area contributed by atoms with Crippen LogP contribution >= 0.6 is 0 Å². The average molecular weight is 332 g/mol. The van der Waals surface area contributed by atoms with E-state index in [4.69, 9.17) is 0 Å². The zero-order valence-electron chi connectivity index (χ0n) is 14.9. The lowest BCUT2D eigenvalue weighted by molar-refractivity contribution is 0.645. The van der Waals surface area contributed by atoms with Gasteiger partial charge in [0.25, 0.3) is 0 Å². The Balaban J connectivity index is 1.88. The number of aryl methyl sites for hydroxylation is 2. The molecule has 1 aromatic carbocycles. The summed E-state index contributed by atoms with van der Waals surface area (Å²) in [5, 5.41) is 8.35.